The molecule has 0 aromatic heterocycles. The molecule has 0 fully saturated rings. The van der Waals surface area contributed by atoms with Crippen LogP contribution in [-0.2, 0) is 0 Å². The lowest BCUT2D eigenvalue weighted by atomic mass is 10.1. The highest BCUT2D eigenvalue weighted by atomic mass is 19.1. The fourth-order valence-electron chi connectivity index (χ4n) is 0.0423. The Hall–Kier alpha value is -0.400. The average Bonchev–Trinajstić information content (AvgIpc) is 1.68. The van der Waals surface area contributed by atoms with E-state index >= 15 is 0 Å². The second-order valence-corrected chi connectivity index (χ2v) is 2.10. The van der Waals surface area contributed by atoms with E-state index in [2.05, 4.69) is 11.7 Å². The molecule has 0 radical (unpaired) electrons. The zero-order chi connectivity index (χ0) is 5.91. The van der Waals surface area contributed by atoms with Gasteiger partial charge in [0.25, 0.3) is 0 Å². The first-order valence-corrected chi connectivity index (χ1v) is 2.16. The summed E-state index contributed by atoms with van der Waals surface area (Å²) in [6.07, 6.45) is 0. The molecule has 0 aromatic rings. The van der Waals surface area contributed by atoms with Gasteiger partial charge in [0.15, 0.2) is 0 Å². The van der Waals surface area contributed by atoms with Crippen molar-refractivity contribution in [1.29, 1.82) is 0 Å². The maximum Gasteiger partial charge on any atom is 0.114 e. The van der Waals surface area contributed by atoms with Gasteiger partial charge in [-0.15, -0.1) is 0 Å². The summed E-state index contributed by atoms with van der Waals surface area (Å²) in [7, 11) is 0. The number of halogens is 1. The summed E-state index contributed by atoms with van der Waals surface area (Å²) >= 11 is 0. The van der Waals surface area contributed by atoms with Crippen LogP contribution in [0.5, 0.6) is 0 Å². The van der Waals surface area contributed by atoms with E-state index in [9.17, 15) is 4.39 Å². The van der Waals surface area contributed by atoms with E-state index in [1.54, 1.807) is 13.8 Å². The molecule has 0 saturated heterocycles. The number of hydrogen-bond acceptors (Lipinski definition) is 1. The zero-order valence-electron chi connectivity index (χ0n) is 4.74. The van der Waals surface area contributed by atoms with Crippen molar-refractivity contribution >= 4 is 6.72 Å². The van der Waals surface area contributed by atoms with Crippen LogP contribution in [0.25, 0.3) is 0 Å². The van der Waals surface area contributed by atoms with Gasteiger partial charge >= 0.3 is 0 Å². The fraction of sp³-hybridized carbons (Fsp3) is 0.800. The van der Waals surface area contributed by atoms with Gasteiger partial charge in [-0.2, -0.15) is 0 Å². The molecule has 0 bridgehead atoms. The summed E-state index contributed by atoms with van der Waals surface area (Å²) in [6, 6.07) is 0. The second kappa shape index (κ2) is 2.05. The van der Waals surface area contributed by atoms with Crippen molar-refractivity contribution in [3.05, 3.63) is 0 Å². The summed E-state index contributed by atoms with van der Waals surface area (Å²) in [5.41, 5.74) is -0.569. The predicted molar refractivity (Wildman–Crippen MR) is 29.6 cm³/mol. The van der Waals surface area contributed by atoms with Crippen molar-refractivity contribution in [1.82, 2.24) is 0 Å². The Labute approximate surface area is 43.3 Å². The first-order valence-electron chi connectivity index (χ1n) is 2.16. The largest absolute Gasteiger partial charge is 0.292 e. The third-order valence-electron chi connectivity index (χ3n) is 0.755. The van der Waals surface area contributed by atoms with E-state index < -0.39 is 12.2 Å². The lowest BCUT2D eigenvalue weighted by Crippen LogP contribution is -2.17. The minimum absolute atomic E-state index is 0.434. The SMILES string of the molecule is C=NC(C)(C)CF. The Bertz CT molecular complexity index is 68.5. The van der Waals surface area contributed by atoms with Crippen molar-refractivity contribution in [3.8, 4) is 0 Å². The highest BCUT2D eigenvalue weighted by Crippen LogP contribution is 2.06. The van der Waals surface area contributed by atoms with Crippen LogP contribution < -0.4 is 0 Å². The molecule has 1 nitrogen and oxygen atoms in total. The van der Waals surface area contributed by atoms with Gasteiger partial charge < -0.3 is 0 Å². The third kappa shape index (κ3) is 2.31. The smallest absolute Gasteiger partial charge is 0.114 e. The van der Waals surface area contributed by atoms with Gasteiger partial charge in [0, 0.05) is 0 Å². The Balaban J connectivity index is 3.58. The summed E-state index contributed by atoms with van der Waals surface area (Å²) in [5.74, 6) is 0. The van der Waals surface area contributed by atoms with E-state index in [4.69, 9.17) is 0 Å². The van der Waals surface area contributed by atoms with Crippen molar-refractivity contribution in [2.45, 2.75) is 19.4 Å². The molecular weight excluding hydrogens is 93.1 g/mol. The standard InChI is InChI=1S/C5H10FN/c1-5(2,4-6)7-3/h3-4H2,1-2H3. The van der Waals surface area contributed by atoms with Gasteiger partial charge in [0.1, 0.15) is 6.67 Å². The van der Waals surface area contributed by atoms with Crippen molar-refractivity contribution < 1.29 is 4.39 Å². The lowest BCUT2D eigenvalue weighted by molar-refractivity contribution is 0.356. The van der Waals surface area contributed by atoms with Gasteiger partial charge in [0.05, 0.1) is 5.54 Å². The van der Waals surface area contributed by atoms with E-state index in [1.807, 2.05) is 0 Å². The van der Waals surface area contributed by atoms with Crippen molar-refractivity contribution in [2.75, 3.05) is 6.67 Å². The molecule has 2 heteroatoms. The molecule has 0 aliphatic carbocycles. The topological polar surface area (TPSA) is 12.4 Å². The number of aliphatic imine (C=N–C) groups is 1. The maximum absolute atomic E-state index is 11.6. The molecular formula is C5H10FN. The monoisotopic (exact) mass is 103 g/mol. The molecule has 0 aliphatic heterocycles. The molecule has 0 atom stereocenters. The summed E-state index contributed by atoms with van der Waals surface area (Å²) in [4.78, 5) is 3.51. The van der Waals surface area contributed by atoms with Crippen LogP contribution in [0.3, 0.4) is 0 Å². The lowest BCUT2D eigenvalue weighted by Gasteiger charge is -2.11. The van der Waals surface area contributed by atoms with Gasteiger partial charge in [-0.05, 0) is 20.6 Å². The second-order valence-electron chi connectivity index (χ2n) is 2.10. The molecule has 7 heavy (non-hydrogen) atoms. The minimum Gasteiger partial charge on any atom is -0.292 e. The maximum atomic E-state index is 11.6. The van der Waals surface area contributed by atoms with Crippen LogP contribution in [-0.4, -0.2) is 18.9 Å². The Kier molecular flexibility index (Phi) is 1.93. The third-order valence-corrected chi connectivity index (χ3v) is 0.755. The molecule has 0 amide bonds. The fourth-order valence-corrected chi connectivity index (χ4v) is 0.0423. The molecule has 0 rings (SSSR count). The summed E-state index contributed by atoms with van der Waals surface area (Å²) in [5, 5.41) is 0. The summed E-state index contributed by atoms with van der Waals surface area (Å²) < 4.78 is 11.6. The van der Waals surface area contributed by atoms with Gasteiger partial charge in [-0.3, -0.25) is 4.99 Å². The minimum atomic E-state index is -0.569. The van der Waals surface area contributed by atoms with E-state index in [0.29, 0.717) is 0 Å². The van der Waals surface area contributed by atoms with Gasteiger partial charge in [-0.25, -0.2) is 4.39 Å². The number of nitrogens with zero attached hydrogens (tertiary/aromatic N) is 1. The number of alkyl halides is 1. The zero-order valence-corrected chi connectivity index (χ0v) is 4.74. The number of rotatable bonds is 2. The normalized spacial score (nSPS) is 11.3. The van der Waals surface area contributed by atoms with Crippen LogP contribution in [0, 0.1) is 0 Å². The van der Waals surface area contributed by atoms with E-state index in [0.717, 1.165) is 0 Å². The molecule has 0 spiro atoms. The van der Waals surface area contributed by atoms with Crippen LogP contribution >= 0.6 is 0 Å². The Morgan fingerprint density at radius 1 is 1.71 bits per heavy atom. The average molecular weight is 103 g/mol. The highest BCUT2D eigenvalue weighted by Gasteiger charge is 2.11. The molecule has 0 saturated carbocycles. The first-order chi connectivity index (χ1) is 3.12. The highest BCUT2D eigenvalue weighted by molar-refractivity contribution is 5.25. The molecule has 0 aliphatic rings. The summed E-state index contributed by atoms with van der Waals surface area (Å²) in [6.45, 7) is 6.17. The molecule has 0 heterocycles. The van der Waals surface area contributed by atoms with Crippen LogP contribution in [0.1, 0.15) is 13.8 Å². The van der Waals surface area contributed by atoms with Crippen molar-refractivity contribution in [3.63, 3.8) is 0 Å². The predicted octanol–water partition coefficient (Wildman–Crippen LogP) is 1.44. The number of hydrogen-bond donors (Lipinski definition) is 0. The molecule has 0 N–H and O–H groups in total. The quantitative estimate of drug-likeness (QED) is 0.469. The van der Waals surface area contributed by atoms with Gasteiger partial charge in [-0.1, -0.05) is 0 Å². The van der Waals surface area contributed by atoms with Gasteiger partial charge in [0.2, 0.25) is 0 Å². The Morgan fingerprint density at radius 3 is 2.14 bits per heavy atom. The molecule has 0 aromatic carbocycles. The first kappa shape index (κ1) is 6.60. The molecule has 0 unspecified atom stereocenters. The van der Waals surface area contributed by atoms with Crippen LogP contribution in [0.15, 0.2) is 4.99 Å². The van der Waals surface area contributed by atoms with E-state index in [1.165, 1.54) is 0 Å². The molecule has 42 valence electrons. The van der Waals surface area contributed by atoms with E-state index in [-0.39, 0.29) is 0 Å². The van der Waals surface area contributed by atoms with Crippen LogP contribution in [0.2, 0.25) is 0 Å². The van der Waals surface area contributed by atoms with Crippen LogP contribution in [0.4, 0.5) is 4.39 Å². The Morgan fingerprint density at radius 2 is 2.14 bits per heavy atom. The van der Waals surface area contributed by atoms with Crippen molar-refractivity contribution in [2.24, 2.45) is 4.99 Å².